The van der Waals surface area contributed by atoms with E-state index in [0.717, 1.165) is 16.7 Å². The zero-order valence-electron chi connectivity index (χ0n) is 13.3. The summed E-state index contributed by atoms with van der Waals surface area (Å²) in [5.74, 6) is -1.38. The number of hydrogen-bond acceptors (Lipinski definition) is 2. The number of rotatable bonds is 4. The number of carbonyl (C=O) groups is 1. The molecule has 0 saturated heterocycles. The van der Waals surface area contributed by atoms with Crippen LogP contribution in [0.2, 0.25) is 0 Å². The highest BCUT2D eigenvalue weighted by Crippen LogP contribution is 2.32. The zero-order valence-corrected chi connectivity index (χ0v) is 13.3. The monoisotopic (exact) mass is 278 g/mol. The van der Waals surface area contributed by atoms with Crippen molar-refractivity contribution in [3.63, 3.8) is 0 Å². The smallest absolute Gasteiger partial charge is 0.310 e. The molecule has 1 unspecified atom stereocenters. The van der Waals surface area contributed by atoms with Crippen molar-refractivity contribution in [1.29, 1.82) is 0 Å². The first-order valence-corrected chi connectivity index (χ1v) is 6.98. The Bertz CT molecular complexity index is 495. The van der Waals surface area contributed by atoms with Crippen molar-refractivity contribution in [2.24, 2.45) is 0 Å². The Morgan fingerprint density at radius 2 is 1.60 bits per heavy atom. The van der Waals surface area contributed by atoms with Crippen molar-refractivity contribution >= 4 is 5.97 Å². The molecule has 0 aliphatic carbocycles. The van der Waals surface area contributed by atoms with E-state index in [0.29, 0.717) is 0 Å². The predicted molar refractivity (Wildman–Crippen MR) is 81.3 cm³/mol. The summed E-state index contributed by atoms with van der Waals surface area (Å²) in [6, 6.07) is 5.95. The highest BCUT2D eigenvalue weighted by Gasteiger charge is 2.25. The Kier molecular flexibility index (Phi) is 4.65. The van der Waals surface area contributed by atoms with Gasteiger partial charge in [0.1, 0.15) is 0 Å². The van der Waals surface area contributed by atoms with Gasteiger partial charge in [-0.25, -0.2) is 0 Å². The first-order valence-electron chi connectivity index (χ1n) is 6.98. The first kappa shape index (κ1) is 16.7. The summed E-state index contributed by atoms with van der Waals surface area (Å²) < 4.78 is 0. The average Bonchev–Trinajstić information content (AvgIpc) is 2.36. The molecule has 0 aliphatic rings. The number of aliphatic hydroxyl groups is 1. The van der Waals surface area contributed by atoms with Gasteiger partial charge in [-0.05, 0) is 29.0 Å². The third kappa shape index (κ3) is 3.60. The van der Waals surface area contributed by atoms with Gasteiger partial charge in [0.05, 0.1) is 12.5 Å². The number of aliphatic hydroxyl groups excluding tert-OH is 1. The summed E-state index contributed by atoms with van der Waals surface area (Å²) in [6.07, 6.45) is 0. The quantitative estimate of drug-likeness (QED) is 0.887. The van der Waals surface area contributed by atoms with Gasteiger partial charge in [-0.2, -0.15) is 0 Å². The minimum absolute atomic E-state index is 0.0293. The van der Waals surface area contributed by atoms with E-state index < -0.39 is 11.9 Å². The summed E-state index contributed by atoms with van der Waals surface area (Å²) in [5, 5.41) is 18.8. The van der Waals surface area contributed by atoms with Crippen LogP contribution in [0, 0.1) is 0 Å². The van der Waals surface area contributed by atoms with Crippen molar-refractivity contribution in [1.82, 2.24) is 0 Å². The second kappa shape index (κ2) is 5.57. The van der Waals surface area contributed by atoms with Crippen molar-refractivity contribution < 1.29 is 15.0 Å². The van der Waals surface area contributed by atoms with Gasteiger partial charge in [0, 0.05) is 5.41 Å². The summed E-state index contributed by atoms with van der Waals surface area (Å²) >= 11 is 0. The van der Waals surface area contributed by atoms with E-state index >= 15 is 0 Å². The van der Waals surface area contributed by atoms with Crippen molar-refractivity contribution in [2.45, 2.75) is 58.3 Å². The van der Waals surface area contributed by atoms with E-state index in [1.807, 2.05) is 26.0 Å². The molecule has 0 bridgehead atoms. The molecule has 0 heterocycles. The SMILES string of the molecule is CC(C(=O)O)c1cc(C(C)(C)C)cc(C(C)(C)CO)c1. The van der Waals surface area contributed by atoms with Crippen LogP contribution in [0.5, 0.6) is 0 Å². The molecule has 1 rings (SSSR count). The minimum Gasteiger partial charge on any atom is -0.481 e. The minimum atomic E-state index is -0.830. The van der Waals surface area contributed by atoms with E-state index in [1.165, 1.54) is 0 Å². The molecule has 0 spiro atoms. The lowest BCUT2D eigenvalue weighted by molar-refractivity contribution is -0.138. The number of aliphatic carboxylic acids is 1. The molecule has 1 aromatic carbocycles. The third-order valence-corrected chi connectivity index (χ3v) is 3.87. The molecule has 0 fully saturated rings. The first-order chi connectivity index (χ1) is 8.99. The summed E-state index contributed by atoms with van der Waals surface area (Å²) in [4.78, 5) is 11.2. The fourth-order valence-corrected chi connectivity index (χ4v) is 1.96. The number of benzene rings is 1. The van der Waals surface area contributed by atoms with Gasteiger partial charge in [0.2, 0.25) is 0 Å². The molecule has 20 heavy (non-hydrogen) atoms. The lowest BCUT2D eigenvalue weighted by atomic mass is 9.78. The maximum atomic E-state index is 11.2. The molecule has 0 aliphatic heterocycles. The van der Waals surface area contributed by atoms with Gasteiger partial charge in [-0.15, -0.1) is 0 Å². The molecule has 1 atom stereocenters. The number of hydrogen-bond donors (Lipinski definition) is 2. The molecule has 0 radical (unpaired) electrons. The topological polar surface area (TPSA) is 57.5 Å². The second-order valence-corrected chi connectivity index (χ2v) is 7.20. The Balaban J connectivity index is 3.48. The highest BCUT2D eigenvalue weighted by molar-refractivity contribution is 5.75. The molecular weight excluding hydrogens is 252 g/mol. The van der Waals surface area contributed by atoms with Crippen LogP contribution in [0.3, 0.4) is 0 Å². The fraction of sp³-hybridized carbons (Fsp3) is 0.588. The highest BCUT2D eigenvalue weighted by atomic mass is 16.4. The largest absolute Gasteiger partial charge is 0.481 e. The normalized spacial score (nSPS) is 14.2. The van der Waals surface area contributed by atoms with Crippen LogP contribution in [-0.4, -0.2) is 22.8 Å². The lowest BCUT2D eigenvalue weighted by Gasteiger charge is -2.28. The molecule has 2 N–H and O–H groups in total. The Morgan fingerprint density at radius 1 is 1.10 bits per heavy atom. The van der Waals surface area contributed by atoms with Crippen LogP contribution in [0.1, 0.15) is 64.2 Å². The van der Waals surface area contributed by atoms with Crippen LogP contribution < -0.4 is 0 Å². The Hall–Kier alpha value is -1.35. The van der Waals surface area contributed by atoms with Gasteiger partial charge in [-0.1, -0.05) is 52.8 Å². The molecular formula is C17H26O3. The fourth-order valence-electron chi connectivity index (χ4n) is 1.96. The van der Waals surface area contributed by atoms with Crippen LogP contribution >= 0.6 is 0 Å². The standard InChI is InChI=1S/C17H26O3/c1-11(15(19)20)12-7-13(16(2,3)4)9-14(8-12)17(5,6)10-18/h7-9,11,18H,10H2,1-6H3,(H,19,20). The van der Waals surface area contributed by atoms with Crippen molar-refractivity contribution in [3.8, 4) is 0 Å². The predicted octanol–water partition coefficient (Wildman–Crippen LogP) is 3.44. The van der Waals surface area contributed by atoms with E-state index in [-0.39, 0.29) is 17.4 Å². The van der Waals surface area contributed by atoms with Crippen molar-refractivity contribution in [2.75, 3.05) is 6.61 Å². The maximum absolute atomic E-state index is 11.2. The molecule has 112 valence electrons. The molecule has 3 nitrogen and oxygen atoms in total. The van der Waals surface area contributed by atoms with E-state index in [2.05, 4.69) is 26.8 Å². The Labute approximate surface area is 121 Å². The van der Waals surface area contributed by atoms with Crippen molar-refractivity contribution in [3.05, 3.63) is 34.9 Å². The van der Waals surface area contributed by atoms with Gasteiger partial charge in [0.15, 0.2) is 0 Å². The lowest BCUT2D eigenvalue weighted by Crippen LogP contribution is -2.24. The summed E-state index contributed by atoms with van der Waals surface area (Å²) in [6.45, 7) is 12.0. The average molecular weight is 278 g/mol. The van der Waals surface area contributed by atoms with E-state index in [4.69, 9.17) is 0 Å². The molecule has 0 saturated carbocycles. The van der Waals surface area contributed by atoms with Gasteiger partial charge >= 0.3 is 5.97 Å². The van der Waals surface area contributed by atoms with Crippen LogP contribution in [0.25, 0.3) is 0 Å². The molecule has 0 aromatic heterocycles. The number of carboxylic acid groups (broad SMARTS) is 1. The van der Waals surface area contributed by atoms with Crippen LogP contribution in [0.4, 0.5) is 0 Å². The third-order valence-electron chi connectivity index (χ3n) is 3.87. The zero-order chi connectivity index (χ0) is 15.7. The van der Waals surface area contributed by atoms with Crippen LogP contribution in [0.15, 0.2) is 18.2 Å². The van der Waals surface area contributed by atoms with Gasteiger partial charge < -0.3 is 10.2 Å². The summed E-state index contributed by atoms with van der Waals surface area (Å²) in [5.41, 5.74) is 2.43. The molecule has 1 aromatic rings. The van der Waals surface area contributed by atoms with E-state index in [9.17, 15) is 15.0 Å². The molecule has 0 amide bonds. The maximum Gasteiger partial charge on any atom is 0.310 e. The number of carboxylic acids is 1. The second-order valence-electron chi connectivity index (χ2n) is 7.20. The van der Waals surface area contributed by atoms with Gasteiger partial charge in [0.25, 0.3) is 0 Å². The van der Waals surface area contributed by atoms with Crippen LogP contribution in [-0.2, 0) is 15.6 Å². The van der Waals surface area contributed by atoms with E-state index in [1.54, 1.807) is 6.92 Å². The van der Waals surface area contributed by atoms with Gasteiger partial charge in [-0.3, -0.25) is 4.79 Å². The Morgan fingerprint density at radius 3 is 2.00 bits per heavy atom. The molecule has 3 heteroatoms. The summed E-state index contributed by atoms with van der Waals surface area (Å²) in [7, 11) is 0.